The van der Waals surface area contributed by atoms with Crippen molar-refractivity contribution in [3.63, 3.8) is 0 Å². The molecule has 5 rings (SSSR count). The lowest BCUT2D eigenvalue weighted by molar-refractivity contribution is -0.142. The molecule has 0 radical (unpaired) electrons. The van der Waals surface area contributed by atoms with Crippen LogP contribution in [0.15, 0.2) is 91.0 Å². The summed E-state index contributed by atoms with van der Waals surface area (Å²) < 4.78 is 97.6. The van der Waals surface area contributed by atoms with Gasteiger partial charge in [0.25, 0.3) is 5.91 Å². The highest BCUT2D eigenvalue weighted by Crippen LogP contribution is 2.44. The Bertz CT molecular complexity index is 2060. The molecule has 5 aromatic rings. The van der Waals surface area contributed by atoms with Crippen LogP contribution < -0.4 is 20.9 Å². The summed E-state index contributed by atoms with van der Waals surface area (Å²) in [5, 5.41) is 2.78. The average molecular weight is 783 g/mol. The molecule has 1 amide bonds. The number of nitrogens with one attached hydrogen (secondary N) is 1. The van der Waals surface area contributed by atoms with Crippen LogP contribution in [-0.2, 0) is 28.4 Å². The highest BCUT2D eigenvalue weighted by molar-refractivity contribution is 5.94. The highest BCUT2D eigenvalue weighted by Gasteiger charge is 2.39. The summed E-state index contributed by atoms with van der Waals surface area (Å²) in [5.74, 6) is -0.535. The predicted molar refractivity (Wildman–Crippen MR) is 206 cm³/mol. The number of hydrogen-bond acceptors (Lipinski definition) is 7. The number of ether oxygens (including phenoxy) is 2. The van der Waals surface area contributed by atoms with Gasteiger partial charge in [-0.25, -0.2) is 4.98 Å². The van der Waals surface area contributed by atoms with Crippen molar-refractivity contribution in [2.45, 2.75) is 18.9 Å². The standard InChI is InChI=1S/C41H44F6N6O3/c1-51(2)32-14-9-28(10-15-32)36-37(29-11-16-33(17-12-29)52(3)4)53(38(50-36)34-18-13-31(40(42,43)44)25-35(34)41(45,46)47)26-27-5-7-30(8-6-27)39(54)49-20-22-56-24-23-55-21-19-48/h5-18,25H,19-24,26,48H2,1-4H3,(H,49,54). The van der Waals surface area contributed by atoms with Crippen molar-refractivity contribution in [2.24, 2.45) is 5.73 Å². The third-order valence-corrected chi connectivity index (χ3v) is 8.90. The molecule has 4 aromatic carbocycles. The summed E-state index contributed by atoms with van der Waals surface area (Å²) in [4.78, 5) is 21.5. The Kier molecular flexibility index (Phi) is 13.5. The van der Waals surface area contributed by atoms with Crippen molar-refractivity contribution in [1.29, 1.82) is 0 Å². The van der Waals surface area contributed by atoms with Crippen LogP contribution in [0.4, 0.5) is 37.7 Å². The number of carbonyl (C=O) groups excluding carboxylic acids is 1. The minimum atomic E-state index is -5.15. The minimum absolute atomic E-state index is 0.0385. The summed E-state index contributed by atoms with van der Waals surface area (Å²) >= 11 is 0. The van der Waals surface area contributed by atoms with E-state index in [2.05, 4.69) is 5.32 Å². The number of halogens is 6. The molecule has 0 aliphatic heterocycles. The van der Waals surface area contributed by atoms with E-state index in [0.29, 0.717) is 66.1 Å². The van der Waals surface area contributed by atoms with Crippen molar-refractivity contribution in [1.82, 2.24) is 14.9 Å². The molecular formula is C41H44F6N6O3. The first-order chi connectivity index (χ1) is 26.6. The van der Waals surface area contributed by atoms with E-state index in [0.717, 1.165) is 17.4 Å². The first kappa shape index (κ1) is 41.8. The van der Waals surface area contributed by atoms with Gasteiger partial charge in [-0.2, -0.15) is 26.3 Å². The molecule has 0 saturated carbocycles. The first-order valence-electron chi connectivity index (χ1n) is 17.8. The number of anilines is 2. The van der Waals surface area contributed by atoms with Gasteiger partial charge in [0.05, 0.1) is 48.9 Å². The van der Waals surface area contributed by atoms with E-state index in [1.807, 2.05) is 74.4 Å². The van der Waals surface area contributed by atoms with Gasteiger partial charge in [-0.1, -0.05) is 42.5 Å². The number of amides is 1. The zero-order valence-electron chi connectivity index (χ0n) is 31.5. The highest BCUT2D eigenvalue weighted by atomic mass is 19.4. The third-order valence-electron chi connectivity index (χ3n) is 8.90. The van der Waals surface area contributed by atoms with E-state index in [9.17, 15) is 31.1 Å². The molecule has 298 valence electrons. The van der Waals surface area contributed by atoms with Crippen molar-refractivity contribution >= 4 is 17.3 Å². The number of benzene rings is 4. The van der Waals surface area contributed by atoms with Crippen LogP contribution in [0, 0.1) is 0 Å². The lowest BCUT2D eigenvalue weighted by atomic mass is 10.0. The number of imidazole rings is 1. The smallest absolute Gasteiger partial charge is 0.378 e. The SMILES string of the molecule is CN(C)c1ccc(-c2nc(-c3ccc(C(F)(F)F)cc3C(F)(F)F)n(Cc3ccc(C(=O)NCCOCCOCCN)cc3)c2-c2ccc(N(C)C)cc2)cc1. The topological polar surface area (TPSA) is 97.9 Å². The molecular weight excluding hydrogens is 738 g/mol. The van der Waals surface area contributed by atoms with E-state index in [4.69, 9.17) is 20.2 Å². The molecule has 15 heteroatoms. The normalized spacial score (nSPS) is 11.8. The molecule has 1 heterocycles. The van der Waals surface area contributed by atoms with Gasteiger partial charge in [0, 0.05) is 81.5 Å². The largest absolute Gasteiger partial charge is 0.417 e. The molecule has 9 nitrogen and oxygen atoms in total. The fourth-order valence-electron chi connectivity index (χ4n) is 5.98. The summed E-state index contributed by atoms with van der Waals surface area (Å²) in [6.07, 6.45) is -10.2. The lowest BCUT2D eigenvalue weighted by Gasteiger charge is -2.19. The number of nitrogens with zero attached hydrogens (tertiary/aromatic N) is 4. The number of carbonyl (C=O) groups is 1. The second-order valence-electron chi connectivity index (χ2n) is 13.3. The molecule has 3 N–H and O–H groups in total. The van der Waals surface area contributed by atoms with Gasteiger partial charge in [0.15, 0.2) is 0 Å². The number of alkyl halides is 6. The van der Waals surface area contributed by atoms with Crippen LogP contribution in [-0.4, -0.2) is 83.2 Å². The van der Waals surface area contributed by atoms with Crippen molar-refractivity contribution in [3.8, 4) is 33.9 Å². The molecule has 0 unspecified atom stereocenters. The summed E-state index contributed by atoms with van der Waals surface area (Å²) in [5.41, 5.74) is 6.64. The van der Waals surface area contributed by atoms with E-state index in [-0.39, 0.29) is 37.5 Å². The van der Waals surface area contributed by atoms with Gasteiger partial charge in [0.1, 0.15) is 5.82 Å². The number of nitrogens with two attached hydrogens (primary N) is 1. The molecule has 0 saturated heterocycles. The van der Waals surface area contributed by atoms with Crippen LogP contribution in [0.1, 0.15) is 27.0 Å². The summed E-state index contributed by atoms with van der Waals surface area (Å²) in [6, 6.07) is 22.8. The first-order valence-corrected chi connectivity index (χ1v) is 17.8. The summed E-state index contributed by atoms with van der Waals surface area (Å²) in [6.45, 7) is 2.05. The zero-order chi connectivity index (χ0) is 40.6. The van der Waals surface area contributed by atoms with E-state index >= 15 is 0 Å². The average Bonchev–Trinajstić information content (AvgIpc) is 3.53. The maximum Gasteiger partial charge on any atom is 0.417 e. The fraction of sp³-hybridized carbons (Fsp3) is 0.317. The Morgan fingerprint density at radius 1 is 0.732 bits per heavy atom. The Morgan fingerprint density at radius 2 is 1.30 bits per heavy atom. The van der Waals surface area contributed by atoms with Crippen LogP contribution in [0.3, 0.4) is 0 Å². The van der Waals surface area contributed by atoms with E-state index in [1.54, 1.807) is 41.0 Å². The second-order valence-corrected chi connectivity index (χ2v) is 13.3. The van der Waals surface area contributed by atoms with Crippen LogP contribution in [0.25, 0.3) is 33.9 Å². The predicted octanol–water partition coefficient (Wildman–Crippen LogP) is 7.82. The van der Waals surface area contributed by atoms with E-state index in [1.165, 1.54) is 0 Å². The number of rotatable bonds is 16. The summed E-state index contributed by atoms with van der Waals surface area (Å²) in [7, 11) is 7.49. The third kappa shape index (κ3) is 10.3. The number of hydrogen-bond donors (Lipinski definition) is 2. The Morgan fingerprint density at radius 3 is 1.84 bits per heavy atom. The second kappa shape index (κ2) is 18.0. The lowest BCUT2D eigenvalue weighted by Crippen LogP contribution is -2.27. The molecule has 0 aliphatic rings. The minimum Gasteiger partial charge on any atom is -0.378 e. The molecule has 0 aliphatic carbocycles. The quantitative estimate of drug-likeness (QED) is 0.0779. The molecule has 0 atom stereocenters. The maximum absolute atomic E-state index is 14.7. The zero-order valence-corrected chi connectivity index (χ0v) is 31.5. The Hall–Kier alpha value is -5.38. The van der Waals surface area contributed by atoms with Crippen molar-refractivity contribution < 1.29 is 40.6 Å². The Balaban J connectivity index is 1.61. The Labute approximate surface area is 321 Å². The van der Waals surface area contributed by atoms with Gasteiger partial charge >= 0.3 is 12.4 Å². The van der Waals surface area contributed by atoms with Gasteiger partial charge < -0.3 is 34.9 Å². The van der Waals surface area contributed by atoms with Crippen molar-refractivity contribution in [2.75, 3.05) is 77.5 Å². The molecule has 0 spiro atoms. The van der Waals surface area contributed by atoms with Crippen LogP contribution >= 0.6 is 0 Å². The monoisotopic (exact) mass is 782 g/mol. The maximum atomic E-state index is 14.7. The molecule has 0 bridgehead atoms. The fourth-order valence-corrected chi connectivity index (χ4v) is 5.98. The van der Waals surface area contributed by atoms with Gasteiger partial charge in [-0.05, 0) is 54.1 Å². The van der Waals surface area contributed by atoms with Crippen LogP contribution in [0.5, 0.6) is 0 Å². The van der Waals surface area contributed by atoms with Crippen molar-refractivity contribution in [3.05, 3.63) is 113 Å². The molecule has 56 heavy (non-hydrogen) atoms. The molecule has 1 aromatic heterocycles. The molecule has 0 fully saturated rings. The van der Waals surface area contributed by atoms with Gasteiger partial charge in [-0.3, -0.25) is 4.79 Å². The van der Waals surface area contributed by atoms with E-state index < -0.39 is 29.0 Å². The van der Waals surface area contributed by atoms with Crippen LogP contribution in [0.2, 0.25) is 0 Å². The van der Waals surface area contributed by atoms with Gasteiger partial charge in [0.2, 0.25) is 0 Å². The van der Waals surface area contributed by atoms with Gasteiger partial charge in [-0.15, -0.1) is 0 Å². The number of aromatic nitrogens is 2.